The van der Waals surface area contributed by atoms with Crippen molar-refractivity contribution in [3.05, 3.63) is 114 Å². The zero-order chi connectivity index (χ0) is 22.2. The number of anilines is 4. The first-order valence-electron chi connectivity index (χ1n) is 11.8. The molecule has 0 fully saturated rings. The van der Waals surface area contributed by atoms with Crippen LogP contribution in [0.1, 0.15) is 18.1 Å². The molecule has 4 nitrogen and oxygen atoms in total. The van der Waals surface area contributed by atoms with Gasteiger partial charge >= 0.3 is 0 Å². The molecule has 0 N–H and O–H groups in total. The molecule has 162 valence electrons. The van der Waals surface area contributed by atoms with Crippen molar-refractivity contribution in [2.75, 3.05) is 16.5 Å². The van der Waals surface area contributed by atoms with Crippen molar-refractivity contribution in [1.82, 2.24) is 0 Å². The molecular formula is C29H21BN2O2. The minimum Gasteiger partial charge on any atom is -0.497 e. The van der Waals surface area contributed by atoms with Gasteiger partial charge in [0.1, 0.15) is 11.9 Å². The first kappa shape index (κ1) is 18.3. The van der Waals surface area contributed by atoms with E-state index in [1.165, 1.54) is 39.2 Å². The average Bonchev–Trinajstić information content (AvgIpc) is 3.53. The summed E-state index contributed by atoms with van der Waals surface area (Å²) in [5.41, 5.74) is 10.9. The van der Waals surface area contributed by atoms with Crippen LogP contribution < -0.4 is 25.5 Å². The number of benzene rings is 4. The van der Waals surface area contributed by atoms with Crippen LogP contribution in [0.15, 0.2) is 108 Å². The van der Waals surface area contributed by atoms with Crippen LogP contribution in [0.25, 0.3) is 0 Å². The van der Waals surface area contributed by atoms with E-state index in [0.29, 0.717) is 6.73 Å². The van der Waals surface area contributed by atoms with E-state index in [-0.39, 0.29) is 12.8 Å². The Morgan fingerprint density at radius 3 is 2.38 bits per heavy atom. The normalized spacial score (nSPS) is 18.8. The highest BCUT2D eigenvalue weighted by molar-refractivity contribution is 6.94. The standard InChI is InChI=1S/C29H21BN2O2/c1-3-9-19(10-4-1)26-17-24-29(34-26)30-21-13-7-16-25-28(21)31(18-33-25)22-14-8-15-23(27(22)30)32(24)20-11-5-2-6-12-20/h1-16,26H,17-18H2. The summed E-state index contributed by atoms with van der Waals surface area (Å²) in [6.45, 7) is 0.600. The molecular weight excluding hydrogens is 419 g/mol. The van der Waals surface area contributed by atoms with Gasteiger partial charge in [-0.3, -0.25) is 0 Å². The molecule has 4 aliphatic rings. The minimum atomic E-state index is 0.00112. The second kappa shape index (κ2) is 6.70. The van der Waals surface area contributed by atoms with Crippen LogP contribution in [0.5, 0.6) is 5.75 Å². The Bertz CT molecular complexity index is 1490. The maximum Gasteiger partial charge on any atom is 0.296 e. The van der Waals surface area contributed by atoms with Crippen LogP contribution in [0.3, 0.4) is 0 Å². The number of para-hydroxylation sites is 2. The Hall–Kier alpha value is -4.12. The van der Waals surface area contributed by atoms with Crippen molar-refractivity contribution in [3.8, 4) is 5.75 Å². The molecule has 8 rings (SSSR count). The molecule has 1 atom stereocenters. The molecule has 4 aromatic carbocycles. The second-order valence-corrected chi connectivity index (χ2v) is 9.24. The number of hydrogen-bond donors (Lipinski definition) is 0. The van der Waals surface area contributed by atoms with E-state index < -0.39 is 0 Å². The first-order valence-corrected chi connectivity index (χ1v) is 11.8. The third-order valence-electron chi connectivity index (χ3n) is 7.49. The number of nitrogens with zero attached hydrogens (tertiary/aromatic N) is 2. The van der Waals surface area contributed by atoms with Crippen molar-refractivity contribution < 1.29 is 9.47 Å². The Kier molecular flexibility index (Phi) is 3.61. The van der Waals surface area contributed by atoms with Gasteiger partial charge in [0.2, 0.25) is 0 Å². The molecule has 4 heterocycles. The highest BCUT2D eigenvalue weighted by atomic mass is 16.5. The van der Waals surface area contributed by atoms with E-state index in [1.54, 1.807) is 0 Å². The van der Waals surface area contributed by atoms with Crippen molar-refractivity contribution in [2.45, 2.75) is 12.5 Å². The van der Waals surface area contributed by atoms with Gasteiger partial charge in [-0.05, 0) is 46.8 Å². The van der Waals surface area contributed by atoms with Gasteiger partial charge in [0.15, 0.2) is 6.73 Å². The third kappa shape index (κ3) is 2.34. The Morgan fingerprint density at radius 1 is 0.765 bits per heavy atom. The molecule has 0 saturated carbocycles. The smallest absolute Gasteiger partial charge is 0.296 e. The average molecular weight is 440 g/mol. The number of hydrogen-bond acceptors (Lipinski definition) is 4. The molecule has 0 bridgehead atoms. The Labute approximate surface area is 198 Å². The fourth-order valence-electron chi connectivity index (χ4n) is 6.11. The molecule has 4 aromatic rings. The summed E-state index contributed by atoms with van der Waals surface area (Å²) in [5, 5.41) is 0. The molecule has 34 heavy (non-hydrogen) atoms. The highest BCUT2D eigenvalue weighted by Crippen LogP contribution is 2.50. The summed E-state index contributed by atoms with van der Waals surface area (Å²) in [4.78, 5) is 4.73. The van der Waals surface area contributed by atoms with E-state index in [9.17, 15) is 0 Å². The van der Waals surface area contributed by atoms with E-state index >= 15 is 0 Å². The molecule has 0 saturated heterocycles. The molecule has 5 heteroatoms. The third-order valence-corrected chi connectivity index (χ3v) is 7.49. The SMILES string of the molecule is c1ccc(C2CC3=C(O2)B2c4cccc5c4N(CO5)c4cccc(c42)N3c2ccccc2)cc1. The predicted octanol–water partition coefficient (Wildman–Crippen LogP) is 5.16. The van der Waals surface area contributed by atoms with Gasteiger partial charge in [-0.15, -0.1) is 0 Å². The number of rotatable bonds is 2. The van der Waals surface area contributed by atoms with Crippen LogP contribution in [-0.2, 0) is 4.74 Å². The Morgan fingerprint density at radius 2 is 1.53 bits per heavy atom. The van der Waals surface area contributed by atoms with Crippen LogP contribution in [0.4, 0.5) is 22.7 Å². The lowest BCUT2D eigenvalue weighted by atomic mass is 9.36. The molecule has 0 amide bonds. The van der Waals surface area contributed by atoms with Crippen molar-refractivity contribution in [2.24, 2.45) is 0 Å². The molecule has 0 radical (unpaired) electrons. The fourth-order valence-corrected chi connectivity index (χ4v) is 6.11. The van der Waals surface area contributed by atoms with Crippen molar-refractivity contribution in [1.29, 1.82) is 0 Å². The quantitative estimate of drug-likeness (QED) is 0.402. The van der Waals surface area contributed by atoms with Gasteiger partial charge in [0, 0.05) is 23.5 Å². The molecule has 0 aromatic heterocycles. The lowest BCUT2D eigenvalue weighted by Crippen LogP contribution is -2.55. The second-order valence-electron chi connectivity index (χ2n) is 9.24. The molecule has 0 spiro atoms. The highest BCUT2D eigenvalue weighted by Gasteiger charge is 2.50. The van der Waals surface area contributed by atoms with Crippen LogP contribution in [0, 0.1) is 0 Å². The number of fused-ring (bicyclic) bond motifs is 3. The number of ether oxygens (including phenoxy) is 2. The lowest BCUT2D eigenvalue weighted by Gasteiger charge is -2.40. The summed E-state index contributed by atoms with van der Waals surface area (Å²) in [7, 11) is 0. The van der Waals surface area contributed by atoms with Gasteiger partial charge < -0.3 is 19.3 Å². The first-order chi connectivity index (χ1) is 16.9. The maximum atomic E-state index is 6.88. The molecule has 4 aliphatic heterocycles. The zero-order valence-electron chi connectivity index (χ0n) is 18.5. The van der Waals surface area contributed by atoms with Crippen molar-refractivity contribution >= 4 is 40.4 Å². The summed E-state index contributed by atoms with van der Waals surface area (Å²) in [6.07, 6.45) is 0.838. The summed E-state index contributed by atoms with van der Waals surface area (Å²) < 4.78 is 13.0. The molecule has 0 aliphatic carbocycles. The minimum absolute atomic E-state index is 0.00112. The summed E-state index contributed by atoms with van der Waals surface area (Å²) >= 11 is 0. The van der Waals surface area contributed by atoms with Crippen molar-refractivity contribution in [3.63, 3.8) is 0 Å². The van der Waals surface area contributed by atoms with E-state index in [0.717, 1.165) is 23.5 Å². The van der Waals surface area contributed by atoms with Crippen LogP contribution >= 0.6 is 0 Å². The fraction of sp³-hybridized carbons (Fsp3) is 0.103. The summed E-state index contributed by atoms with van der Waals surface area (Å²) in [5.74, 6) is 0.957. The van der Waals surface area contributed by atoms with Gasteiger partial charge in [-0.1, -0.05) is 66.7 Å². The van der Waals surface area contributed by atoms with Crippen LogP contribution in [-0.4, -0.2) is 13.4 Å². The molecule has 1 unspecified atom stereocenters. The summed E-state index contributed by atoms with van der Waals surface area (Å²) in [6, 6.07) is 34.3. The Balaban J connectivity index is 1.39. The maximum absolute atomic E-state index is 6.88. The monoisotopic (exact) mass is 440 g/mol. The van der Waals surface area contributed by atoms with E-state index in [1.807, 2.05) is 0 Å². The van der Waals surface area contributed by atoms with Gasteiger partial charge in [-0.2, -0.15) is 0 Å². The largest absolute Gasteiger partial charge is 0.497 e. The van der Waals surface area contributed by atoms with Gasteiger partial charge in [0.05, 0.1) is 17.0 Å². The van der Waals surface area contributed by atoms with E-state index in [2.05, 4.69) is 107 Å². The predicted molar refractivity (Wildman–Crippen MR) is 136 cm³/mol. The van der Waals surface area contributed by atoms with Gasteiger partial charge in [0.25, 0.3) is 6.71 Å². The lowest BCUT2D eigenvalue weighted by molar-refractivity contribution is 0.162. The van der Waals surface area contributed by atoms with Gasteiger partial charge in [-0.25, -0.2) is 0 Å². The van der Waals surface area contributed by atoms with Crippen LogP contribution in [0.2, 0.25) is 0 Å². The van der Waals surface area contributed by atoms with E-state index in [4.69, 9.17) is 9.47 Å². The topological polar surface area (TPSA) is 24.9 Å². The zero-order valence-corrected chi connectivity index (χ0v) is 18.5.